The Hall–Kier alpha value is -3.50. The number of likely N-dealkylation sites (tertiary alicyclic amines) is 1. The maximum absolute atomic E-state index is 10.7. The van der Waals surface area contributed by atoms with Gasteiger partial charge in [-0.15, -0.1) is 0 Å². The molecule has 0 N–H and O–H groups in total. The van der Waals surface area contributed by atoms with E-state index in [0.29, 0.717) is 6.61 Å². The van der Waals surface area contributed by atoms with E-state index in [2.05, 4.69) is 121 Å². The van der Waals surface area contributed by atoms with Gasteiger partial charge >= 0.3 is 5.51 Å². The molecule has 0 radical (unpaired) electrons. The number of nitrogens with zero attached hydrogens (tertiary/aromatic N) is 1. The van der Waals surface area contributed by atoms with Crippen LogP contribution in [0, 0.1) is 0 Å². The highest BCUT2D eigenvalue weighted by molar-refractivity contribution is 7.86. The lowest BCUT2D eigenvalue weighted by Crippen LogP contribution is -2.67. The minimum absolute atomic E-state index is 0.272. The van der Waals surface area contributed by atoms with Crippen LogP contribution in [0.5, 0.6) is 0 Å². The van der Waals surface area contributed by atoms with E-state index >= 15 is 0 Å². The highest BCUT2D eigenvalue weighted by Gasteiger charge is 2.51. The van der Waals surface area contributed by atoms with Gasteiger partial charge in [0.05, 0.1) is 6.61 Å². The Bertz CT molecular complexity index is 1390. The van der Waals surface area contributed by atoms with Crippen LogP contribution in [-0.2, 0) is 28.0 Å². The Morgan fingerprint density at radius 2 is 1.10 bits per heavy atom. The van der Waals surface area contributed by atoms with E-state index in [9.17, 15) is 13.2 Å². The quantitative estimate of drug-likeness (QED) is 0.139. The van der Waals surface area contributed by atoms with E-state index in [-0.39, 0.29) is 12.1 Å². The van der Waals surface area contributed by atoms with Gasteiger partial charge in [0.25, 0.3) is 0 Å². The highest BCUT2D eigenvalue weighted by Crippen LogP contribution is 2.42. The molecule has 5 rings (SSSR count). The first-order valence-corrected chi connectivity index (χ1v) is 14.2. The van der Waals surface area contributed by atoms with E-state index < -0.39 is 15.6 Å². The molecule has 1 aliphatic rings. The van der Waals surface area contributed by atoms with Gasteiger partial charge in [-0.25, -0.2) is 8.42 Å². The Morgan fingerprint density at radius 3 is 1.50 bits per heavy atom. The van der Waals surface area contributed by atoms with E-state index in [4.69, 9.17) is 17.7 Å². The first-order valence-electron chi connectivity index (χ1n) is 12.7. The van der Waals surface area contributed by atoms with Crippen molar-refractivity contribution in [3.05, 3.63) is 144 Å². The van der Waals surface area contributed by atoms with Gasteiger partial charge in [-0.05, 0) is 5.56 Å². The zero-order valence-corrected chi connectivity index (χ0v) is 22.5. The van der Waals surface area contributed by atoms with E-state index in [1.54, 1.807) is 0 Å². The number of hydrogen-bond acceptors (Lipinski definition) is 4. The van der Waals surface area contributed by atoms with Crippen LogP contribution in [0.3, 0.4) is 0 Å². The third kappa shape index (κ3) is 7.57. The molecule has 0 unspecified atom stereocenters. The van der Waals surface area contributed by atoms with Crippen molar-refractivity contribution in [3.63, 3.8) is 0 Å². The van der Waals surface area contributed by atoms with Gasteiger partial charge in [0.15, 0.2) is 16.2 Å². The number of benzene rings is 4. The van der Waals surface area contributed by atoms with Gasteiger partial charge in [0.2, 0.25) is 0 Å². The monoisotopic (exact) mass is 569 g/mol. The van der Waals surface area contributed by atoms with E-state index in [1.807, 2.05) is 0 Å². The third-order valence-electron chi connectivity index (χ3n) is 6.87. The second-order valence-corrected chi connectivity index (χ2v) is 11.1. The van der Waals surface area contributed by atoms with Gasteiger partial charge in [-0.1, -0.05) is 121 Å². The lowest BCUT2D eigenvalue weighted by atomic mass is 9.88. The largest absolute Gasteiger partial charge is 0.741 e. The minimum atomic E-state index is -6.09. The molecule has 1 fully saturated rings. The van der Waals surface area contributed by atoms with Crippen molar-refractivity contribution < 1.29 is 35.4 Å². The highest BCUT2D eigenvalue weighted by atomic mass is 32.2. The Kier molecular flexibility index (Phi) is 9.42. The van der Waals surface area contributed by atoms with Crippen molar-refractivity contribution in [3.8, 4) is 0 Å². The molecular formula is C31H30F3NO4S. The Balaban J connectivity index is 0.000000406. The number of rotatable bonds is 8. The van der Waals surface area contributed by atoms with Crippen LogP contribution >= 0.6 is 0 Å². The molecular weight excluding hydrogens is 539 g/mol. The van der Waals surface area contributed by atoms with Crippen LogP contribution in [0.1, 0.15) is 28.3 Å². The van der Waals surface area contributed by atoms with E-state index in [0.717, 1.165) is 24.1 Å². The maximum atomic E-state index is 10.7. The molecule has 4 aromatic rings. The fourth-order valence-corrected chi connectivity index (χ4v) is 5.13. The van der Waals surface area contributed by atoms with Crippen LogP contribution in [0.15, 0.2) is 121 Å². The van der Waals surface area contributed by atoms with Crippen molar-refractivity contribution in [1.29, 1.82) is 0 Å². The molecule has 210 valence electrons. The summed E-state index contributed by atoms with van der Waals surface area (Å²) in [5, 5.41) is 0. The first-order chi connectivity index (χ1) is 19.1. The smallest absolute Gasteiger partial charge is 0.485 e. The average Bonchev–Trinajstić information content (AvgIpc) is 2.92. The number of alkyl halides is 3. The summed E-state index contributed by atoms with van der Waals surface area (Å²) in [7, 11) is -6.09. The lowest BCUT2D eigenvalue weighted by molar-refractivity contribution is -1.01. The summed E-state index contributed by atoms with van der Waals surface area (Å²) in [6.45, 7) is 3.70. The molecule has 0 spiro atoms. The van der Waals surface area contributed by atoms with Crippen LogP contribution in [-0.4, -0.2) is 42.2 Å². The molecule has 9 heteroatoms. The molecule has 0 saturated carbocycles. The summed E-state index contributed by atoms with van der Waals surface area (Å²) in [6.07, 6.45) is 0.272. The molecule has 0 amide bonds. The normalized spacial score (nSPS) is 18.9. The van der Waals surface area contributed by atoms with E-state index in [1.165, 1.54) is 22.3 Å². The fourth-order valence-electron chi connectivity index (χ4n) is 5.13. The zero-order valence-electron chi connectivity index (χ0n) is 21.7. The maximum Gasteiger partial charge on any atom is 0.485 e. The predicted octanol–water partition coefficient (Wildman–Crippen LogP) is 6.44. The molecule has 1 aliphatic heterocycles. The van der Waals surface area contributed by atoms with Crippen molar-refractivity contribution in [2.75, 3.05) is 13.1 Å². The predicted molar refractivity (Wildman–Crippen MR) is 146 cm³/mol. The molecule has 0 aliphatic carbocycles. The Morgan fingerprint density at radius 1 is 0.725 bits per heavy atom. The van der Waals surface area contributed by atoms with Crippen molar-refractivity contribution in [1.82, 2.24) is 0 Å². The second-order valence-electron chi connectivity index (χ2n) is 9.77. The summed E-state index contributed by atoms with van der Waals surface area (Å²) >= 11 is 0. The topological polar surface area (TPSA) is 66.4 Å². The summed E-state index contributed by atoms with van der Waals surface area (Å²) < 4.78 is 66.2. The lowest BCUT2D eigenvalue weighted by Gasteiger charge is -2.54. The number of quaternary nitrogens is 1. The molecule has 0 bridgehead atoms. The van der Waals surface area contributed by atoms with Crippen LogP contribution in [0.2, 0.25) is 0 Å². The summed E-state index contributed by atoms with van der Waals surface area (Å²) in [6, 6.07) is 43.7. The summed E-state index contributed by atoms with van der Waals surface area (Å²) in [4.78, 5) is 0. The van der Waals surface area contributed by atoms with Crippen LogP contribution < -0.4 is 0 Å². The van der Waals surface area contributed by atoms with Crippen LogP contribution in [0.25, 0.3) is 0 Å². The van der Waals surface area contributed by atoms with Crippen molar-refractivity contribution in [2.45, 2.75) is 30.8 Å². The molecule has 0 atom stereocenters. The van der Waals surface area contributed by atoms with Gasteiger partial charge in [-0.2, -0.15) is 13.2 Å². The molecule has 0 aromatic heterocycles. The molecule has 40 heavy (non-hydrogen) atoms. The fraction of sp³-hybridized carbons (Fsp3) is 0.226. The summed E-state index contributed by atoms with van der Waals surface area (Å²) in [5.41, 5.74) is -0.283. The average molecular weight is 570 g/mol. The summed E-state index contributed by atoms with van der Waals surface area (Å²) in [5.74, 6) is 0. The Labute approximate surface area is 232 Å². The number of halogens is 3. The molecule has 1 saturated heterocycles. The van der Waals surface area contributed by atoms with Crippen molar-refractivity contribution >= 4 is 10.1 Å². The van der Waals surface area contributed by atoms with Gasteiger partial charge in [0, 0.05) is 16.7 Å². The van der Waals surface area contributed by atoms with Gasteiger partial charge in [-0.3, -0.25) is 0 Å². The molecule has 5 nitrogen and oxygen atoms in total. The zero-order chi connectivity index (χ0) is 28.6. The first kappa shape index (κ1) is 29.5. The van der Waals surface area contributed by atoms with Gasteiger partial charge in [0.1, 0.15) is 25.7 Å². The third-order valence-corrected chi connectivity index (χ3v) is 7.43. The number of ether oxygens (including phenoxy) is 1. The van der Waals surface area contributed by atoms with Crippen molar-refractivity contribution in [2.24, 2.45) is 0 Å². The number of hydrogen-bond donors (Lipinski definition) is 0. The standard InChI is InChI=1S/C30H30NO.CHF3O3S/c1-5-13-25(14-6-1)21-31(22-29(23-31)32-24-26-15-7-2-8-16-26)30(27-17-9-3-10-18-27)28-19-11-4-12-20-28;2-1(3,4)8(5,6)7/h1-20,29-30H,21-24H2;(H,5,6,7)/q+1;/p-1. The second kappa shape index (κ2) is 12.8. The minimum Gasteiger partial charge on any atom is -0.741 e. The SMILES string of the molecule is O=S(=O)([O-])C(F)(F)F.c1ccc(COC2C[N+](Cc3ccccc3)(C(c3ccccc3)c3ccccc3)C2)cc1. The molecule has 4 aromatic carbocycles. The molecule has 1 heterocycles. The van der Waals surface area contributed by atoms with Gasteiger partial charge < -0.3 is 13.8 Å². The van der Waals surface area contributed by atoms with Crippen LogP contribution in [0.4, 0.5) is 13.2 Å².